The Morgan fingerprint density at radius 1 is 1.18 bits per heavy atom. The van der Waals surface area contributed by atoms with Crippen molar-refractivity contribution in [2.75, 3.05) is 32.4 Å². The van der Waals surface area contributed by atoms with E-state index in [-0.39, 0.29) is 0 Å². The first kappa shape index (κ1) is 16.0. The number of hydrogen-bond acceptors (Lipinski definition) is 4. The maximum atomic E-state index is 11.6. The van der Waals surface area contributed by atoms with Crippen molar-refractivity contribution in [3.8, 4) is 0 Å². The van der Waals surface area contributed by atoms with Gasteiger partial charge in [0.1, 0.15) is 5.82 Å². The lowest BCUT2D eigenvalue weighted by molar-refractivity contribution is 0.166. The Hall–Kier alpha value is -0.920. The lowest BCUT2D eigenvalue weighted by Gasteiger charge is -2.35. The average molecular weight is 326 g/mol. The summed E-state index contributed by atoms with van der Waals surface area (Å²) in [6.45, 7) is 5.50. The van der Waals surface area contributed by atoms with Gasteiger partial charge in [-0.25, -0.2) is 17.7 Å². The highest BCUT2D eigenvalue weighted by Gasteiger charge is 2.34. The minimum Gasteiger partial charge on any atom is -0.337 e. The maximum Gasteiger partial charge on any atom is 0.211 e. The number of sulfonamides is 1. The minimum atomic E-state index is -3.03. The van der Waals surface area contributed by atoms with E-state index in [0.29, 0.717) is 25.0 Å². The van der Waals surface area contributed by atoms with E-state index in [1.165, 1.54) is 12.1 Å². The molecule has 1 aromatic heterocycles. The zero-order chi connectivity index (χ0) is 15.9. The summed E-state index contributed by atoms with van der Waals surface area (Å²) in [6, 6.07) is 0.518. The Bertz CT molecular complexity index is 632. The Balaban J connectivity index is 1.59. The average Bonchev–Trinajstić information content (AvgIpc) is 3.04. The molecule has 6 nitrogen and oxygen atoms in total. The molecule has 7 heteroatoms. The van der Waals surface area contributed by atoms with Gasteiger partial charge < -0.3 is 4.57 Å². The van der Waals surface area contributed by atoms with E-state index in [1.807, 2.05) is 6.92 Å². The summed E-state index contributed by atoms with van der Waals surface area (Å²) in [4.78, 5) is 7.20. The standard InChI is InChI=1S/C15H26N4O2S/c1-12-10-17(2)15(16-12)13-4-7-18(11-13)14-5-8-19(9-6-14)22(3,20)21/h10,13-14H,4-9,11H2,1-3H3/t13-/m0/s1. The lowest BCUT2D eigenvalue weighted by Crippen LogP contribution is -2.45. The molecule has 0 bridgehead atoms. The highest BCUT2D eigenvalue weighted by molar-refractivity contribution is 7.88. The van der Waals surface area contributed by atoms with Gasteiger partial charge >= 0.3 is 0 Å². The smallest absolute Gasteiger partial charge is 0.211 e. The van der Waals surface area contributed by atoms with Gasteiger partial charge in [0.25, 0.3) is 0 Å². The van der Waals surface area contributed by atoms with Gasteiger partial charge in [0.2, 0.25) is 10.0 Å². The zero-order valence-corrected chi connectivity index (χ0v) is 14.5. The van der Waals surface area contributed by atoms with Crippen LogP contribution >= 0.6 is 0 Å². The molecule has 2 aliphatic rings. The molecule has 1 atom stereocenters. The van der Waals surface area contributed by atoms with Crippen molar-refractivity contribution in [2.24, 2.45) is 7.05 Å². The molecule has 0 aromatic carbocycles. The number of imidazole rings is 1. The molecule has 0 unspecified atom stereocenters. The van der Waals surface area contributed by atoms with Crippen molar-refractivity contribution in [1.29, 1.82) is 0 Å². The summed E-state index contributed by atoms with van der Waals surface area (Å²) in [5, 5.41) is 0. The third-order valence-electron chi connectivity index (χ3n) is 5.03. The minimum absolute atomic E-state index is 0.506. The van der Waals surface area contributed by atoms with Crippen molar-refractivity contribution >= 4 is 10.0 Å². The number of hydrogen-bond donors (Lipinski definition) is 0. The number of likely N-dealkylation sites (tertiary alicyclic amines) is 1. The third kappa shape index (κ3) is 3.21. The fourth-order valence-electron chi connectivity index (χ4n) is 3.88. The maximum absolute atomic E-state index is 11.6. The summed E-state index contributed by atoms with van der Waals surface area (Å²) in [5.41, 5.74) is 1.08. The summed E-state index contributed by atoms with van der Waals surface area (Å²) < 4.78 is 26.9. The molecular formula is C15H26N4O2S. The lowest BCUT2D eigenvalue weighted by atomic mass is 10.1. The van der Waals surface area contributed by atoms with E-state index in [0.717, 1.165) is 38.0 Å². The van der Waals surface area contributed by atoms with Gasteiger partial charge in [-0.2, -0.15) is 0 Å². The Morgan fingerprint density at radius 2 is 1.86 bits per heavy atom. The molecule has 22 heavy (non-hydrogen) atoms. The predicted molar refractivity (Wildman–Crippen MR) is 86.3 cm³/mol. The first-order chi connectivity index (χ1) is 10.3. The number of aryl methyl sites for hydroxylation is 2. The number of rotatable bonds is 3. The van der Waals surface area contributed by atoms with E-state index in [2.05, 4.69) is 27.7 Å². The first-order valence-corrected chi connectivity index (χ1v) is 9.88. The van der Waals surface area contributed by atoms with Crippen LogP contribution in [-0.4, -0.2) is 65.7 Å². The number of piperidine rings is 1. The second kappa shape index (κ2) is 5.94. The largest absolute Gasteiger partial charge is 0.337 e. The number of nitrogens with zero attached hydrogens (tertiary/aromatic N) is 4. The van der Waals surface area contributed by atoms with Gasteiger partial charge in [0.05, 0.1) is 11.9 Å². The molecule has 2 aliphatic heterocycles. The molecule has 124 valence electrons. The Labute approximate surface area is 133 Å². The quantitative estimate of drug-likeness (QED) is 0.829. The Kier molecular flexibility index (Phi) is 4.31. The first-order valence-electron chi connectivity index (χ1n) is 8.03. The van der Waals surface area contributed by atoms with E-state index >= 15 is 0 Å². The van der Waals surface area contributed by atoms with Crippen LogP contribution < -0.4 is 0 Å². The normalized spacial score (nSPS) is 25.9. The van der Waals surface area contributed by atoms with Crippen LogP contribution in [0.4, 0.5) is 0 Å². The molecule has 0 N–H and O–H groups in total. The van der Waals surface area contributed by atoms with Crippen molar-refractivity contribution < 1.29 is 8.42 Å². The third-order valence-corrected chi connectivity index (χ3v) is 6.33. The van der Waals surface area contributed by atoms with Crippen molar-refractivity contribution in [2.45, 2.75) is 38.1 Å². The van der Waals surface area contributed by atoms with E-state index in [1.54, 1.807) is 4.31 Å². The van der Waals surface area contributed by atoms with Crippen LogP contribution in [0.1, 0.15) is 36.7 Å². The molecule has 2 saturated heterocycles. The van der Waals surface area contributed by atoms with Gasteiger partial charge in [-0.15, -0.1) is 0 Å². The van der Waals surface area contributed by atoms with E-state index < -0.39 is 10.0 Å². The molecule has 0 radical (unpaired) electrons. The van der Waals surface area contributed by atoms with Gasteiger partial charge in [-0.3, -0.25) is 4.90 Å². The van der Waals surface area contributed by atoms with Crippen LogP contribution in [0, 0.1) is 6.92 Å². The monoisotopic (exact) mass is 326 g/mol. The molecular weight excluding hydrogens is 300 g/mol. The fourth-order valence-corrected chi connectivity index (χ4v) is 4.76. The molecule has 3 heterocycles. The molecule has 0 aliphatic carbocycles. The SMILES string of the molecule is Cc1cn(C)c([C@H]2CCN(C3CCN(S(C)(=O)=O)CC3)C2)n1. The Morgan fingerprint density at radius 3 is 2.41 bits per heavy atom. The van der Waals surface area contributed by atoms with Crippen molar-refractivity contribution in [3.05, 3.63) is 17.7 Å². The summed E-state index contributed by atoms with van der Waals surface area (Å²) in [6.07, 6.45) is 6.43. The topological polar surface area (TPSA) is 58.4 Å². The van der Waals surface area contributed by atoms with E-state index in [9.17, 15) is 8.42 Å². The van der Waals surface area contributed by atoms with Crippen molar-refractivity contribution in [3.63, 3.8) is 0 Å². The van der Waals surface area contributed by atoms with Gasteiger partial charge in [-0.1, -0.05) is 0 Å². The van der Waals surface area contributed by atoms with Gasteiger partial charge in [0, 0.05) is 44.8 Å². The van der Waals surface area contributed by atoms with Gasteiger partial charge in [-0.05, 0) is 32.7 Å². The number of aromatic nitrogens is 2. The highest BCUT2D eigenvalue weighted by Crippen LogP contribution is 2.30. The zero-order valence-electron chi connectivity index (χ0n) is 13.7. The van der Waals surface area contributed by atoms with Crippen LogP contribution in [-0.2, 0) is 17.1 Å². The molecule has 0 saturated carbocycles. The second-order valence-electron chi connectivity index (χ2n) is 6.73. The van der Waals surface area contributed by atoms with E-state index in [4.69, 9.17) is 0 Å². The van der Waals surface area contributed by atoms with Crippen LogP contribution in [0.2, 0.25) is 0 Å². The highest BCUT2D eigenvalue weighted by atomic mass is 32.2. The fraction of sp³-hybridized carbons (Fsp3) is 0.800. The molecule has 3 rings (SSSR count). The van der Waals surface area contributed by atoms with Crippen LogP contribution in [0.25, 0.3) is 0 Å². The second-order valence-corrected chi connectivity index (χ2v) is 8.71. The molecule has 2 fully saturated rings. The molecule has 0 amide bonds. The summed E-state index contributed by atoms with van der Waals surface area (Å²) in [5.74, 6) is 1.69. The molecule has 0 spiro atoms. The van der Waals surface area contributed by atoms with Gasteiger partial charge in [0.15, 0.2) is 0 Å². The summed E-state index contributed by atoms with van der Waals surface area (Å²) >= 11 is 0. The predicted octanol–water partition coefficient (Wildman–Crippen LogP) is 0.942. The van der Waals surface area contributed by atoms with Crippen LogP contribution in [0.15, 0.2) is 6.20 Å². The summed E-state index contributed by atoms with van der Waals surface area (Å²) in [7, 11) is -0.956. The molecule has 1 aromatic rings. The van der Waals surface area contributed by atoms with Crippen molar-refractivity contribution in [1.82, 2.24) is 18.8 Å². The van der Waals surface area contributed by atoms with Crippen LogP contribution in [0.5, 0.6) is 0 Å². The van der Waals surface area contributed by atoms with Crippen LogP contribution in [0.3, 0.4) is 0 Å².